The first-order valence-electron chi connectivity index (χ1n) is 5.05. The first-order valence-corrected chi connectivity index (χ1v) is 5.43. The summed E-state index contributed by atoms with van der Waals surface area (Å²) in [5, 5.41) is 11.3. The van der Waals surface area contributed by atoms with Crippen LogP contribution in [0.2, 0.25) is 5.15 Å². The molecule has 0 fully saturated rings. The van der Waals surface area contributed by atoms with Gasteiger partial charge in [0.25, 0.3) is 5.91 Å². The van der Waals surface area contributed by atoms with Crippen molar-refractivity contribution < 1.29 is 14.7 Å². The number of nitrogens with one attached hydrogen (secondary N) is 1. The highest BCUT2D eigenvalue weighted by atomic mass is 35.5. The number of nitrogens with zero attached hydrogens (tertiary/aromatic N) is 3. The number of amides is 1. The van der Waals surface area contributed by atoms with Crippen LogP contribution in [0.5, 0.6) is 0 Å². The van der Waals surface area contributed by atoms with E-state index in [1.165, 1.54) is 30.7 Å². The van der Waals surface area contributed by atoms with E-state index in [4.69, 9.17) is 16.7 Å². The van der Waals surface area contributed by atoms with Crippen molar-refractivity contribution >= 4 is 29.3 Å². The number of halogens is 1. The molecule has 0 aliphatic rings. The number of pyridine rings is 1. The number of carbonyl (C=O) groups is 2. The minimum Gasteiger partial charge on any atom is -0.476 e. The highest BCUT2D eigenvalue weighted by Gasteiger charge is 2.17. The lowest BCUT2D eigenvalue weighted by Gasteiger charge is -2.06. The third-order valence-corrected chi connectivity index (χ3v) is 2.44. The van der Waals surface area contributed by atoms with Gasteiger partial charge < -0.3 is 10.4 Å². The van der Waals surface area contributed by atoms with Gasteiger partial charge >= 0.3 is 5.97 Å². The average molecular weight is 279 g/mol. The van der Waals surface area contributed by atoms with Crippen LogP contribution in [0.1, 0.15) is 20.8 Å². The standard InChI is InChI=1S/C11H7ClN4O3/c12-8-6(2-1-3-14-8)10(17)16-9-7(11(18)19)13-4-5-15-9/h1-5H,(H,18,19)(H,15,16,17). The number of carboxylic acid groups (broad SMARTS) is 1. The summed E-state index contributed by atoms with van der Waals surface area (Å²) < 4.78 is 0. The smallest absolute Gasteiger partial charge is 0.358 e. The first-order chi connectivity index (χ1) is 9.09. The van der Waals surface area contributed by atoms with Crippen LogP contribution in [0.15, 0.2) is 30.7 Å². The zero-order valence-electron chi connectivity index (χ0n) is 9.37. The first kappa shape index (κ1) is 12.9. The Balaban J connectivity index is 2.30. The normalized spacial score (nSPS) is 9.95. The van der Waals surface area contributed by atoms with Gasteiger partial charge in [-0.25, -0.2) is 19.7 Å². The number of rotatable bonds is 3. The molecule has 0 unspecified atom stereocenters. The van der Waals surface area contributed by atoms with Crippen LogP contribution in [0.3, 0.4) is 0 Å². The Kier molecular flexibility index (Phi) is 3.67. The molecule has 0 saturated carbocycles. The molecule has 7 nitrogen and oxygen atoms in total. The molecule has 2 aromatic rings. The van der Waals surface area contributed by atoms with Crippen LogP contribution in [0.4, 0.5) is 5.82 Å². The summed E-state index contributed by atoms with van der Waals surface area (Å²) in [4.78, 5) is 34.0. The molecule has 0 aromatic carbocycles. The number of hydrogen-bond acceptors (Lipinski definition) is 5. The summed E-state index contributed by atoms with van der Waals surface area (Å²) in [6.07, 6.45) is 3.92. The summed E-state index contributed by atoms with van der Waals surface area (Å²) in [7, 11) is 0. The van der Waals surface area contributed by atoms with E-state index < -0.39 is 11.9 Å². The van der Waals surface area contributed by atoms with E-state index in [0.29, 0.717) is 0 Å². The quantitative estimate of drug-likeness (QED) is 0.824. The van der Waals surface area contributed by atoms with E-state index in [-0.39, 0.29) is 22.2 Å². The van der Waals surface area contributed by atoms with Crippen molar-refractivity contribution in [2.75, 3.05) is 5.32 Å². The van der Waals surface area contributed by atoms with Crippen molar-refractivity contribution in [3.05, 3.63) is 47.1 Å². The number of anilines is 1. The highest BCUT2D eigenvalue weighted by molar-refractivity contribution is 6.33. The molecule has 0 radical (unpaired) electrons. The van der Waals surface area contributed by atoms with Gasteiger partial charge in [-0.15, -0.1) is 0 Å². The van der Waals surface area contributed by atoms with Crippen LogP contribution < -0.4 is 5.32 Å². The van der Waals surface area contributed by atoms with Gasteiger partial charge in [-0.05, 0) is 12.1 Å². The van der Waals surface area contributed by atoms with Gasteiger partial charge in [0.05, 0.1) is 5.56 Å². The molecular weight excluding hydrogens is 272 g/mol. The molecule has 1 amide bonds. The van der Waals surface area contributed by atoms with Crippen molar-refractivity contribution in [1.82, 2.24) is 15.0 Å². The summed E-state index contributed by atoms with van der Waals surface area (Å²) in [5.74, 6) is -2.05. The molecule has 19 heavy (non-hydrogen) atoms. The Labute approximate surface area is 112 Å². The van der Waals surface area contributed by atoms with E-state index in [1.54, 1.807) is 0 Å². The van der Waals surface area contributed by atoms with Crippen molar-refractivity contribution in [2.24, 2.45) is 0 Å². The lowest BCUT2D eigenvalue weighted by atomic mass is 10.2. The lowest BCUT2D eigenvalue weighted by molar-refractivity contribution is 0.0691. The second-order valence-electron chi connectivity index (χ2n) is 3.35. The summed E-state index contributed by atoms with van der Waals surface area (Å²) in [5.41, 5.74) is -0.234. The molecule has 2 aromatic heterocycles. The predicted octanol–water partition coefficient (Wildman–Crippen LogP) is 1.48. The van der Waals surface area contributed by atoms with Gasteiger partial charge in [-0.3, -0.25) is 4.79 Å². The van der Waals surface area contributed by atoms with Crippen LogP contribution in [-0.2, 0) is 0 Å². The minimum atomic E-state index is -1.29. The molecule has 2 N–H and O–H groups in total. The molecule has 0 aliphatic carbocycles. The van der Waals surface area contributed by atoms with Gasteiger partial charge in [0, 0.05) is 18.6 Å². The number of carboxylic acids is 1. The molecule has 2 rings (SSSR count). The maximum atomic E-state index is 11.9. The van der Waals surface area contributed by atoms with Gasteiger partial charge in [0.1, 0.15) is 5.15 Å². The molecule has 0 bridgehead atoms. The summed E-state index contributed by atoms with van der Waals surface area (Å²) in [6.45, 7) is 0. The SMILES string of the molecule is O=C(Nc1nccnc1C(=O)O)c1cccnc1Cl. The fourth-order valence-electron chi connectivity index (χ4n) is 1.32. The second-order valence-corrected chi connectivity index (χ2v) is 3.71. The third kappa shape index (κ3) is 2.83. The third-order valence-electron chi connectivity index (χ3n) is 2.14. The Bertz CT molecular complexity index is 647. The fourth-order valence-corrected chi connectivity index (χ4v) is 1.52. The van der Waals surface area contributed by atoms with Crippen molar-refractivity contribution in [3.8, 4) is 0 Å². The van der Waals surface area contributed by atoms with E-state index in [1.807, 2.05) is 0 Å². The van der Waals surface area contributed by atoms with Crippen molar-refractivity contribution in [2.45, 2.75) is 0 Å². The largest absolute Gasteiger partial charge is 0.476 e. The summed E-state index contributed by atoms with van der Waals surface area (Å²) in [6, 6.07) is 3.00. The zero-order chi connectivity index (χ0) is 13.8. The monoisotopic (exact) mass is 278 g/mol. The van der Waals surface area contributed by atoms with Crippen LogP contribution >= 0.6 is 11.6 Å². The van der Waals surface area contributed by atoms with E-state index in [9.17, 15) is 9.59 Å². The highest BCUT2D eigenvalue weighted by Crippen LogP contribution is 2.15. The molecule has 0 aliphatic heterocycles. The molecule has 0 spiro atoms. The average Bonchev–Trinajstić information content (AvgIpc) is 2.39. The van der Waals surface area contributed by atoms with E-state index in [0.717, 1.165) is 0 Å². The van der Waals surface area contributed by atoms with E-state index >= 15 is 0 Å². The van der Waals surface area contributed by atoms with E-state index in [2.05, 4.69) is 20.3 Å². The molecule has 2 heterocycles. The maximum absolute atomic E-state index is 11.9. The number of aromatic carboxylic acids is 1. The topological polar surface area (TPSA) is 105 Å². The second kappa shape index (κ2) is 5.40. The van der Waals surface area contributed by atoms with Crippen molar-refractivity contribution in [1.29, 1.82) is 0 Å². The predicted molar refractivity (Wildman–Crippen MR) is 66.2 cm³/mol. The minimum absolute atomic E-state index is 0.0146. The number of carbonyl (C=O) groups excluding carboxylic acids is 1. The van der Waals surface area contributed by atoms with Crippen LogP contribution in [-0.4, -0.2) is 31.9 Å². The van der Waals surface area contributed by atoms with Crippen LogP contribution in [0, 0.1) is 0 Å². The van der Waals surface area contributed by atoms with Gasteiger partial charge in [0.2, 0.25) is 0 Å². The Hall–Kier alpha value is -2.54. The van der Waals surface area contributed by atoms with Crippen LogP contribution in [0.25, 0.3) is 0 Å². The Morgan fingerprint density at radius 2 is 1.89 bits per heavy atom. The molecule has 0 atom stereocenters. The molecular formula is C11H7ClN4O3. The number of hydrogen-bond donors (Lipinski definition) is 2. The summed E-state index contributed by atoms with van der Waals surface area (Å²) >= 11 is 5.76. The maximum Gasteiger partial charge on any atom is 0.358 e. The fraction of sp³-hybridized carbons (Fsp3) is 0. The lowest BCUT2D eigenvalue weighted by Crippen LogP contribution is -2.17. The van der Waals surface area contributed by atoms with Gasteiger partial charge in [0.15, 0.2) is 11.5 Å². The molecule has 0 saturated heterocycles. The van der Waals surface area contributed by atoms with Gasteiger partial charge in [-0.1, -0.05) is 11.6 Å². The Morgan fingerprint density at radius 3 is 2.58 bits per heavy atom. The Morgan fingerprint density at radius 1 is 1.16 bits per heavy atom. The zero-order valence-corrected chi connectivity index (χ0v) is 10.1. The molecule has 8 heteroatoms. The van der Waals surface area contributed by atoms with Crippen molar-refractivity contribution in [3.63, 3.8) is 0 Å². The van der Waals surface area contributed by atoms with Gasteiger partial charge in [-0.2, -0.15) is 0 Å². The molecule has 96 valence electrons. The number of aromatic nitrogens is 3.